The first kappa shape index (κ1) is 18.6. The molecule has 3 rings (SSSR count). The molecule has 1 N–H and O–H groups in total. The summed E-state index contributed by atoms with van der Waals surface area (Å²) in [5.74, 6) is 0.663. The molecular formula is C18H24N4O3S. The number of amides is 1. The van der Waals surface area contributed by atoms with E-state index in [2.05, 4.69) is 10.3 Å². The van der Waals surface area contributed by atoms with Gasteiger partial charge in [0, 0.05) is 24.6 Å². The highest BCUT2D eigenvalue weighted by Gasteiger charge is 2.36. The molecule has 0 unspecified atom stereocenters. The largest absolute Gasteiger partial charge is 0.348 e. The molecule has 2 heterocycles. The summed E-state index contributed by atoms with van der Waals surface area (Å²) in [5.41, 5.74) is 1.96. The van der Waals surface area contributed by atoms with Gasteiger partial charge in [-0.2, -0.15) is 4.31 Å². The average molecular weight is 376 g/mol. The van der Waals surface area contributed by atoms with Crippen molar-refractivity contribution < 1.29 is 13.2 Å². The Bertz CT molecular complexity index is 889. The fourth-order valence-electron chi connectivity index (χ4n) is 3.37. The Labute approximate surface area is 154 Å². The molecule has 1 fully saturated rings. The van der Waals surface area contributed by atoms with Crippen LogP contribution in [0.15, 0.2) is 36.7 Å². The summed E-state index contributed by atoms with van der Waals surface area (Å²) in [5, 5.41) is 2.94. The van der Waals surface area contributed by atoms with Crippen molar-refractivity contribution in [2.24, 2.45) is 0 Å². The second kappa shape index (κ2) is 7.20. The zero-order valence-corrected chi connectivity index (χ0v) is 16.0. The van der Waals surface area contributed by atoms with Crippen molar-refractivity contribution in [3.63, 3.8) is 0 Å². The number of benzene rings is 1. The third kappa shape index (κ3) is 3.81. The van der Waals surface area contributed by atoms with E-state index in [1.807, 2.05) is 48.9 Å². The molecule has 0 radical (unpaired) electrons. The number of nitrogens with zero attached hydrogens (tertiary/aromatic N) is 3. The van der Waals surface area contributed by atoms with E-state index < -0.39 is 16.1 Å². The maximum absolute atomic E-state index is 12.6. The van der Waals surface area contributed by atoms with Crippen molar-refractivity contribution in [1.82, 2.24) is 19.2 Å². The molecule has 1 amide bonds. The quantitative estimate of drug-likeness (QED) is 0.862. The molecule has 2 aromatic rings. The first-order valence-electron chi connectivity index (χ1n) is 8.65. The number of hydrogen-bond donors (Lipinski definition) is 1. The molecule has 8 heteroatoms. The summed E-state index contributed by atoms with van der Waals surface area (Å²) in [6.07, 6.45) is 6.07. The lowest BCUT2D eigenvalue weighted by Gasteiger charge is -2.23. The maximum atomic E-state index is 12.6. The fourth-order valence-corrected chi connectivity index (χ4v) is 4.49. The van der Waals surface area contributed by atoms with Crippen LogP contribution in [-0.2, 0) is 14.8 Å². The van der Waals surface area contributed by atoms with Gasteiger partial charge in [-0.05, 0) is 44.4 Å². The van der Waals surface area contributed by atoms with E-state index >= 15 is 0 Å². The Hall–Kier alpha value is -2.19. The Morgan fingerprint density at radius 1 is 1.31 bits per heavy atom. The monoisotopic (exact) mass is 376 g/mol. The van der Waals surface area contributed by atoms with Crippen LogP contribution in [0.25, 0.3) is 5.69 Å². The van der Waals surface area contributed by atoms with E-state index in [0.29, 0.717) is 19.4 Å². The lowest BCUT2D eigenvalue weighted by molar-refractivity contribution is -0.124. The Balaban J connectivity index is 1.69. The second-order valence-electron chi connectivity index (χ2n) is 6.70. The van der Waals surface area contributed by atoms with Gasteiger partial charge >= 0.3 is 0 Å². The van der Waals surface area contributed by atoms with Gasteiger partial charge in [0.1, 0.15) is 11.9 Å². The van der Waals surface area contributed by atoms with Crippen LogP contribution < -0.4 is 5.32 Å². The lowest BCUT2D eigenvalue weighted by Crippen LogP contribution is -2.46. The minimum atomic E-state index is -3.37. The summed E-state index contributed by atoms with van der Waals surface area (Å²) in [7, 11) is -3.37. The summed E-state index contributed by atoms with van der Waals surface area (Å²) in [4.78, 5) is 16.8. The fraction of sp³-hybridized carbons (Fsp3) is 0.444. The zero-order valence-electron chi connectivity index (χ0n) is 15.2. The van der Waals surface area contributed by atoms with Crippen LogP contribution in [0.2, 0.25) is 0 Å². The molecule has 0 spiro atoms. The highest BCUT2D eigenvalue weighted by Crippen LogP contribution is 2.22. The number of imidazole rings is 1. The topological polar surface area (TPSA) is 84.3 Å². The molecule has 1 saturated heterocycles. The Morgan fingerprint density at radius 3 is 2.58 bits per heavy atom. The van der Waals surface area contributed by atoms with Gasteiger partial charge in [-0.15, -0.1) is 0 Å². The van der Waals surface area contributed by atoms with Gasteiger partial charge in [-0.3, -0.25) is 4.79 Å². The van der Waals surface area contributed by atoms with Crippen LogP contribution in [0.4, 0.5) is 0 Å². The van der Waals surface area contributed by atoms with Crippen molar-refractivity contribution in [3.8, 4) is 5.69 Å². The molecule has 0 bridgehead atoms. The van der Waals surface area contributed by atoms with Crippen LogP contribution in [0.5, 0.6) is 0 Å². The molecular weight excluding hydrogens is 352 g/mol. The van der Waals surface area contributed by atoms with Gasteiger partial charge < -0.3 is 9.88 Å². The first-order valence-corrected chi connectivity index (χ1v) is 10.5. The second-order valence-corrected chi connectivity index (χ2v) is 8.63. The minimum Gasteiger partial charge on any atom is -0.348 e. The van der Waals surface area contributed by atoms with Gasteiger partial charge in [0.15, 0.2) is 0 Å². The smallest absolute Gasteiger partial charge is 0.238 e. The van der Waals surface area contributed by atoms with E-state index in [1.165, 1.54) is 4.31 Å². The number of carbonyl (C=O) groups is 1. The normalized spacial score (nSPS) is 19.4. The van der Waals surface area contributed by atoms with E-state index in [0.717, 1.165) is 23.3 Å². The molecule has 2 atom stereocenters. The van der Waals surface area contributed by atoms with E-state index in [1.54, 1.807) is 6.20 Å². The number of sulfonamides is 1. The maximum Gasteiger partial charge on any atom is 0.238 e. The molecule has 1 aromatic carbocycles. The lowest BCUT2D eigenvalue weighted by atomic mass is 10.1. The highest BCUT2D eigenvalue weighted by atomic mass is 32.2. The number of hydrogen-bond acceptors (Lipinski definition) is 4. The zero-order chi connectivity index (χ0) is 18.9. The molecule has 1 aliphatic heterocycles. The van der Waals surface area contributed by atoms with Gasteiger partial charge in [0.05, 0.1) is 12.3 Å². The van der Waals surface area contributed by atoms with Crippen molar-refractivity contribution >= 4 is 15.9 Å². The van der Waals surface area contributed by atoms with Crippen molar-refractivity contribution in [1.29, 1.82) is 0 Å². The van der Waals surface area contributed by atoms with Crippen LogP contribution in [0.3, 0.4) is 0 Å². The summed E-state index contributed by atoms with van der Waals surface area (Å²) in [6, 6.07) is 7.06. The van der Waals surface area contributed by atoms with Crippen molar-refractivity contribution in [3.05, 3.63) is 48.0 Å². The van der Waals surface area contributed by atoms with Crippen LogP contribution in [-0.4, -0.2) is 47.0 Å². The number of rotatable bonds is 5. The predicted molar refractivity (Wildman–Crippen MR) is 99.4 cm³/mol. The van der Waals surface area contributed by atoms with E-state index in [-0.39, 0.29) is 11.9 Å². The molecule has 0 aliphatic carbocycles. The van der Waals surface area contributed by atoms with Crippen molar-refractivity contribution in [2.75, 3.05) is 12.8 Å². The number of nitrogens with one attached hydrogen (secondary N) is 1. The standard InChI is InChI=1S/C18H24N4O3S/c1-13(20-18(23)17-5-4-11-22(17)26(3,24)25)15-6-8-16(9-7-15)21-12-10-19-14(21)2/h6-10,12-13,17H,4-5,11H2,1-3H3,(H,20,23)/t13-,17+/m0/s1. The third-order valence-electron chi connectivity index (χ3n) is 4.79. The van der Waals surface area contributed by atoms with Crippen LogP contribution in [0, 0.1) is 6.92 Å². The van der Waals surface area contributed by atoms with Gasteiger partial charge in [-0.1, -0.05) is 12.1 Å². The molecule has 26 heavy (non-hydrogen) atoms. The summed E-state index contributed by atoms with van der Waals surface area (Å²) in [6.45, 7) is 4.24. The molecule has 140 valence electrons. The Morgan fingerprint density at radius 2 is 2.00 bits per heavy atom. The number of carbonyl (C=O) groups excluding carboxylic acids is 1. The average Bonchev–Trinajstić information content (AvgIpc) is 3.23. The van der Waals surface area contributed by atoms with Gasteiger partial charge in [0.25, 0.3) is 0 Å². The molecule has 1 aliphatic rings. The number of aromatic nitrogens is 2. The summed E-state index contributed by atoms with van der Waals surface area (Å²) < 4.78 is 26.9. The number of aryl methyl sites for hydroxylation is 1. The Kier molecular flexibility index (Phi) is 5.15. The first-order chi connectivity index (χ1) is 12.3. The highest BCUT2D eigenvalue weighted by molar-refractivity contribution is 7.88. The van der Waals surface area contributed by atoms with Crippen molar-refractivity contribution in [2.45, 2.75) is 38.8 Å². The van der Waals surface area contributed by atoms with Gasteiger partial charge in [0.2, 0.25) is 15.9 Å². The summed E-state index contributed by atoms with van der Waals surface area (Å²) >= 11 is 0. The van der Waals surface area contributed by atoms with Crippen LogP contribution in [0.1, 0.15) is 37.2 Å². The minimum absolute atomic E-state index is 0.206. The molecule has 1 aromatic heterocycles. The molecule has 0 saturated carbocycles. The van der Waals surface area contributed by atoms with E-state index in [4.69, 9.17) is 0 Å². The SMILES string of the molecule is Cc1nccn1-c1ccc([C@H](C)NC(=O)[C@H]2CCCN2S(C)(=O)=O)cc1. The third-order valence-corrected chi connectivity index (χ3v) is 6.08. The van der Waals surface area contributed by atoms with Crippen LogP contribution >= 0.6 is 0 Å². The molecule has 7 nitrogen and oxygen atoms in total. The van der Waals surface area contributed by atoms with E-state index in [9.17, 15) is 13.2 Å². The van der Waals surface area contributed by atoms with Gasteiger partial charge in [-0.25, -0.2) is 13.4 Å². The predicted octanol–water partition coefficient (Wildman–Crippen LogP) is 1.78.